The summed E-state index contributed by atoms with van der Waals surface area (Å²) in [6, 6.07) is 7.48. The van der Waals surface area contributed by atoms with Crippen LogP contribution in [0.1, 0.15) is 18.9 Å². The van der Waals surface area contributed by atoms with Gasteiger partial charge in [-0.1, -0.05) is 36.9 Å². The number of ether oxygens (including phenoxy) is 1. The van der Waals surface area contributed by atoms with Crippen LogP contribution >= 0.6 is 11.6 Å². The van der Waals surface area contributed by atoms with Crippen LogP contribution in [0, 0.1) is 0 Å². The minimum atomic E-state index is -0.0186. The van der Waals surface area contributed by atoms with Crippen LogP contribution in [-0.2, 0) is 16.0 Å². The highest BCUT2D eigenvalue weighted by molar-refractivity contribution is 6.30. The Bertz CT molecular complexity index is 388. The number of hydrogen-bond acceptors (Lipinski definition) is 2. The number of aryl methyl sites for hydroxylation is 1. The molecule has 0 saturated carbocycles. The summed E-state index contributed by atoms with van der Waals surface area (Å²) in [5.74, 6) is -0.0186. The average Bonchev–Trinajstić information content (AvgIpc) is 2.40. The second-order valence-electron chi connectivity index (χ2n) is 3.52. The van der Waals surface area contributed by atoms with E-state index in [9.17, 15) is 4.79 Å². The zero-order chi connectivity index (χ0) is 14.5. The molecule has 0 bridgehead atoms. The minimum absolute atomic E-state index is 0.0186. The molecule has 0 heterocycles. The third-order valence-electron chi connectivity index (χ3n) is 2.10. The number of carbonyl (C=O) groups excluding carboxylic acids is 1. The smallest absolute Gasteiger partial charge is 0.224 e. The molecule has 0 unspecified atom stereocenters. The van der Waals surface area contributed by atoms with E-state index in [1.54, 1.807) is 0 Å². The van der Waals surface area contributed by atoms with E-state index in [1.165, 1.54) is 12.5 Å². The van der Waals surface area contributed by atoms with Gasteiger partial charge in [0.25, 0.3) is 0 Å². The number of benzene rings is 1. The van der Waals surface area contributed by atoms with Gasteiger partial charge in [-0.3, -0.25) is 4.79 Å². The summed E-state index contributed by atoms with van der Waals surface area (Å²) in [4.78, 5) is 11.1. The molecule has 1 N–H and O–H groups in total. The maximum absolute atomic E-state index is 11.1. The van der Waals surface area contributed by atoms with Gasteiger partial charge in [0.1, 0.15) is 0 Å². The van der Waals surface area contributed by atoms with Crippen LogP contribution in [0.4, 0.5) is 0 Å². The van der Waals surface area contributed by atoms with Crippen molar-refractivity contribution in [3.63, 3.8) is 0 Å². The lowest BCUT2D eigenvalue weighted by atomic mass is 10.1. The van der Waals surface area contributed by atoms with Crippen LogP contribution in [0.25, 0.3) is 0 Å². The van der Waals surface area contributed by atoms with E-state index in [0.29, 0.717) is 11.4 Å². The third kappa shape index (κ3) is 9.92. The molecule has 4 heteroatoms. The van der Waals surface area contributed by atoms with Crippen molar-refractivity contribution >= 4 is 17.5 Å². The summed E-state index contributed by atoms with van der Waals surface area (Å²) in [7, 11) is 0. The molecule has 3 nitrogen and oxygen atoms in total. The monoisotopic (exact) mass is 281 g/mol. The fourth-order valence-electron chi connectivity index (χ4n) is 1.21. The molecule has 1 rings (SSSR count). The van der Waals surface area contributed by atoms with Crippen molar-refractivity contribution in [3.8, 4) is 0 Å². The quantitative estimate of drug-likeness (QED) is 0.808. The van der Waals surface area contributed by atoms with E-state index in [2.05, 4.69) is 23.2 Å². The molecule has 1 aromatic carbocycles. The van der Waals surface area contributed by atoms with E-state index in [-0.39, 0.29) is 5.91 Å². The van der Waals surface area contributed by atoms with E-state index in [4.69, 9.17) is 11.6 Å². The molecule has 0 fully saturated rings. The first-order chi connectivity index (χ1) is 9.13. The lowest BCUT2D eigenvalue weighted by Crippen LogP contribution is -2.16. The van der Waals surface area contributed by atoms with Gasteiger partial charge >= 0.3 is 0 Å². The molecule has 0 atom stereocenters. The average molecular weight is 282 g/mol. The molecule has 104 valence electrons. The summed E-state index contributed by atoms with van der Waals surface area (Å²) in [5, 5.41) is 3.24. The van der Waals surface area contributed by atoms with Crippen molar-refractivity contribution in [2.24, 2.45) is 0 Å². The summed E-state index contributed by atoms with van der Waals surface area (Å²) < 4.78 is 4.60. The number of halogens is 1. The summed E-state index contributed by atoms with van der Waals surface area (Å²) in [5.41, 5.74) is 1.11. The number of amides is 1. The molecule has 0 saturated heterocycles. The topological polar surface area (TPSA) is 38.3 Å². The van der Waals surface area contributed by atoms with Crippen LogP contribution in [0.3, 0.4) is 0 Å². The van der Waals surface area contributed by atoms with Gasteiger partial charge in [-0.25, -0.2) is 0 Å². The first-order valence-corrected chi connectivity index (χ1v) is 6.39. The van der Waals surface area contributed by atoms with Crippen molar-refractivity contribution in [1.29, 1.82) is 0 Å². The predicted octanol–water partition coefficient (Wildman–Crippen LogP) is 3.70. The minimum Gasteiger partial charge on any atom is -0.502 e. The zero-order valence-electron chi connectivity index (χ0n) is 11.2. The van der Waals surface area contributed by atoms with Crippen molar-refractivity contribution in [3.05, 3.63) is 60.5 Å². The number of nitrogens with one attached hydrogen (secondary N) is 1. The molecule has 0 aliphatic heterocycles. The van der Waals surface area contributed by atoms with E-state index in [1.807, 2.05) is 31.2 Å². The van der Waals surface area contributed by atoms with Crippen molar-refractivity contribution < 1.29 is 9.53 Å². The molecule has 0 radical (unpaired) electrons. The Balaban J connectivity index is 0.000000555. The third-order valence-corrected chi connectivity index (χ3v) is 2.35. The fraction of sp³-hybridized carbons (Fsp3) is 0.267. The lowest BCUT2D eigenvalue weighted by Gasteiger charge is -2.00. The Morgan fingerprint density at radius 1 is 1.37 bits per heavy atom. The number of hydrogen-bond donors (Lipinski definition) is 1. The van der Waals surface area contributed by atoms with Gasteiger partial charge in [0.05, 0.1) is 12.9 Å². The van der Waals surface area contributed by atoms with E-state index in [0.717, 1.165) is 18.6 Å². The Hall–Kier alpha value is -1.74. The second-order valence-corrected chi connectivity index (χ2v) is 3.96. The highest BCUT2D eigenvalue weighted by Gasteiger charge is 1.99. The SMILES string of the molecule is C=CNC(=O)CCc1ccc(Cl)cc1.C=COCC. The summed E-state index contributed by atoms with van der Waals surface area (Å²) >= 11 is 5.73. The number of rotatable bonds is 6. The second kappa shape index (κ2) is 11.4. The Kier molecular flexibility index (Phi) is 10.3. The molecule has 1 aromatic rings. The standard InChI is InChI=1S/C11H12ClNO.C4H8O/c1-2-13-11(14)8-5-9-3-6-10(12)7-4-9;1-3-5-4-2/h2-4,6-7H,1,5,8H2,(H,13,14);3H,1,4H2,2H3. The van der Waals surface area contributed by atoms with Crippen LogP contribution in [0.5, 0.6) is 0 Å². The molecule has 0 aliphatic carbocycles. The highest BCUT2D eigenvalue weighted by Crippen LogP contribution is 2.10. The van der Waals surface area contributed by atoms with E-state index >= 15 is 0 Å². The van der Waals surface area contributed by atoms with Crippen molar-refractivity contribution in [1.82, 2.24) is 5.32 Å². The van der Waals surface area contributed by atoms with Gasteiger partial charge < -0.3 is 10.1 Å². The predicted molar refractivity (Wildman–Crippen MR) is 79.9 cm³/mol. The Morgan fingerprint density at radius 3 is 2.42 bits per heavy atom. The van der Waals surface area contributed by atoms with Gasteiger partial charge in [0.15, 0.2) is 0 Å². The fourth-order valence-corrected chi connectivity index (χ4v) is 1.34. The molecular weight excluding hydrogens is 262 g/mol. The van der Waals surface area contributed by atoms with Gasteiger partial charge in [-0.05, 0) is 37.2 Å². The lowest BCUT2D eigenvalue weighted by molar-refractivity contribution is -0.120. The van der Waals surface area contributed by atoms with Crippen LogP contribution in [0.15, 0.2) is 49.9 Å². The zero-order valence-corrected chi connectivity index (χ0v) is 12.0. The Labute approximate surface area is 119 Å². The maximum atomic E-state index is 11.1. The van der Waals surface area contributed by atoms with Crippen molar-refractivity contribution in [2.75, 3.05) is 6.61 Å². The largest absolute Gasteiger partial charge is 0.502 e. The summed E-state index contributed by atoms with van der Waals surface area (Å²) in [6.45, 7) is 9.39. The Morgan fingerprint density at radius 2 is 2.00 bits per heavy atom. The molecule has 1 amide bonds. The first kappa shape index (κ1) is 17.3. The molecule has 0 aliphatic rings. The van der Waals surface area contributed by atoms with Gasteiger partial charge in [0, 0.05) is 11.4 Å². The van der Waals surface area contributed by atoms with E-state index < -0.39 is 0 Å². The van der Waals surface area contributed by atoms with Gasteiger partial charge in [-0.2, -0.15) is 0 Å². The molecule has 0 aromatic heterocycles. The number of carbonyl (C=O) groups is 1. The van der Waals surface area contributed by atoms with Gasteiger partial charge in [0.2, 0.25) is 5.91 Å². The maximum Gasteiger partial charge on any atom is 0.224 e. The summed E-state index contributed by atoms with van der Waals surface area (Å²) in [6.07, 6.45) is 4.01. The van der Waals surface area contributed by atoms with Gasteiger partial charge in [-0.15, -0.1) is 0 Å². The van der Waals surface area contributed by atoms with Crippen LogP contribution in [-0.4, -0.2) is 12.5 Å². The highest BCUT2D eigenvalue weighted by atomic mass is 35.5. The normalized spacial score (nSPS) is 8.74. The van der Waals surface area contributed by atoms with Crippen LogP contribution < -0.4 is 5.32 Å². The first-order valence-electron chi connectivity index (χ1n) is 6.01. The molecule has 19 heavy (non-hydrogen) atoms. The van der Waals surface area contributed by atoms with Crippen LogP contribution in [0.2, 0.25) is 5.02 Å². The molecule has 0 spiro atoms. The van der Waals surface area contributed by atoms with Crippen molar-refractivity contribution in [2.45, 2.75) is 19.8 Å². The molecular formula is C15H20ClNO2.